The first kappa shape index (κ1) is 11.9. The number of nitrogens with one attached hydrogen (secondary N) is 1. The Balaban J connectivity index is 1.70. The standard InChI is InChI=1S/C12H23N3O/c13-12(14)10-3-1-6-15(9-10)7-5-11-4-2-8-16-11/h10-11H,1-9H2,(H3,13,14). The molecule has 2 unspecified atom stereocenters. The normalized spacial score (nSPS) is 31.8. The molecule has 0 spiro atoms. The van der Waals surface area contributed by atoms with Gasteiger partial charge in [0.05, 0.1) is 11.9 Å². The first-order chi connectivity index (χ1) is 7.75. The zero-order valence-corrected chi connectivity index (χ0v) is 9.95. The lowest BCUT2D eigenvalue weighted by Gasteiger charge is -2.32. The minimum absolute atomic E-state index is 0.290. The molecule has 16 heavy (non-hydrogen) atoms. The molecule has 2 aliphatic heterocycles. The third-order valence-electron chi connectivity index (χ3n) is 3.74. The number of amidine groups is 1. The van der Waals surface area contributed by atoms with Gasteiger partial charge in [0, 0.05) is 25.6 Å². The van der Waals surface area contributed by atoms with Crippen molar-refractivity contribution in [3.63, 3.8) is 0 Å². The number of ether oxygens (including phenoxy) is 1. The van der Waals surface area contributed by atoms with E-state index in [1.54, 1.807) is 0 Å². The van der Waals surface area contributed by atoms with E-state index >= 15 is 0 Å². The van der Waals surface area contributed by atoms with Crippen LogP contribution in [0.1, 0.15) is 32.1 Å². The molecule has 2 saturated heterocycles. The van der Waals surface area contributed by atoms with Crippen LogP contribution in [0.4, 0.5) is 0 Å². The predicted molar refractivity (Wildman–Crippen MR) is 64.7 cm³/mol. The molecule has 3 N–H and O–H groups in total. The van der Waals surface area contributed by atoms with Crippen LogP contribution in [0.25, 0.3) is 0 Å². The van der Waals surface area contributed by atoms with Crippen LogP contribution in [0.15, 0.2) is 0 Å². The Morgan fingerprint density at radius 1 is 1.38 bits per heavy atom. The lowest BCUT2D eigenvalue weighted by molar-refractivity contribution is 0.0866. The maximum atomic E-state index is 7.50. The SMILES string of the molecule is N=C(N)C1CCCN(CCC2CCCO2)C1. The first-order valence-corrected chi connectivity index (χ1v) is 6.43. The molecule has 0 aromatic carbocycles. The Kier molecular flexibility index (Phi) is 4.18. The summed E-state index contributed by atoms with van der Waals surface area (Å²) >= 11 is 0. The summed E-state index contributed by atoms with van der Waals surface area (Å²) in [6.45, 7) is 4.19. The third kappa shape index (κ3) is 3.19. The zero-order valence-electron chi connectivity index (χ0n) is 9.95. The molecule has 2 heterocycles. The fraction of sp³-hybridized carbons (Fsp3) is 0.917. The Morgan fingerprint density at radius 2 is 2.25 bits per heavy atom. The molecular formula is C12H23N3O. The van der Waals surface area contributed by atoms with Crippen LogP contribution in [0.5, 0.6) is 0 Å². The van der Waals surface area contributed by atoms with Crippen LogP contribution in [0.3, 0.4) is 0 Å². The van der Waals surface area contributed by atoms with Crippen molar-refractivity contribution in [3.8, 4) is 0 Å². The molecular weight excluding hydrogens is 202 g/mol. The number of hydrogen-bond donors (Lipinski definition) is 2. The second-order valence-electron chi connectivity index (χ2n) is 5.02. The molecule has 2 rings (SSSR count). The van der Waals surface area contributed by atoms with Gasteiger partial charge < -0.3 is 15.4 Å². The van der Waals surface area contributed by atoms with Gasteiger partial charge in [0.1, 0.15) is 0 Å². The summed E-state index contributed by atoms with van der Waals surface area (Å²) in [7, 11) is 0. The van der Waals surface area contributed by atoms with Gasteiger partial charge in [0.25, 0.3) is 0 Å². The molecule has 2 aliphatic rings. The van der Waals surface area contributed by atoms with Crippen molar-refractivity contribution in [2.75, 3.05) is 26.2 Å². The van der Waals surface area contributed by atoms with E-state index in [0.29, 0.717) is 17.9 Å². The van der Waals surface area contributed by atoms with Crippen LogP contribution < -0.4 is 5.73 Å². The van der Waals surface area contributed by atoms with Gasteiger partial charge >= 0.3 is 0 Å². The van der Waals surface area contributed by atoms with Gasteiger partial charge in [-0.05, 0) is 38.6 Å². The summed E-state index contributed by atoms with van der Waals surface area (Å²) in [6.07, 6.45) is 6.34. The maximum absolute atomic E-state index is 7.50. The van der Waals surface area contributed by atoms with Crippen LogP contribution in [0.2, 0.25) is 0 Å². The lowest BCUT2D eigenvalue weighted by atomic mass is 9.97. The Hall–Kier alpha value is -0.610. The Bertz CT molecular complexity index is 238. The molecule has 0 aliphatic carbocycles. The highest BCUT2D eigenvalue weighted by Gasteiger charge is 2.23. The van der Waals surface area contributed by atoms with Crippen LogP contribution >= 0.6 is 0 Å². The van der Waals surface area contributed by atoms with E-state index in [1.807, 2.05) is 0 Å². The highest BCUT2D eigenvalue weighted by molar-refractivity contribution is 5.79. The number of likely N-dealkylation sites (tertiary alicyclic amines) is 1. The predicted octanol–water partition coefficient (Wildman–Crippen LogP) is 1.20. The molecule has 0 aromatic heterocycles. The minimum atomic E-state index is 0.290. The van der Waals surface area contributed by atoms with E-state index in [0.717, 1.165) is 39.1 Å². The van der Waals surface area contributed by atoms with Crippen LogP contribution in [0, 0.1) is 11.3 Å². The number of nitrogens with two attached hydrogens (primary N) is 1. The smallest absolute Gasteiger partial charge is 0.0949 e. The topological polar surface area (TPSA) is 62.3 Å². The van der Waals surface area contributed by atoms with Gasteiger partial charge in [0.2, 0.25) is 0 Å². The largest absolute Gasteiger partial charge is 0.387 e. The van der Waals surface area contributed by atoms with Gasteiger partial charge in [-0.15, -0.1) is 0 Å². The number of rotatable bonds is 4. The molecule has 4 heteroatoms. The van der Waals surface area contributed by atoms with Gasteiger partial charge in [-0.1, -0.05) is 0 Å². The number of hydrogen-bond acceptors (Lipinski definition) is 3. The van der Waals surface area contributed by atoms with E-state index in [9.17, 15) is 0 Å². The summed E-state index contributed by atoms with van der Waals surface area (Å²) in [5.74, 6) is 0.653. The Morgan fingerprint density at radius 3 is 2.94 bits per heavy atom. The number of nitrogens with zero attached hydrogens (tertiary/aromatic N) is 1. The number of piperidine rings is 1. The highest BCUT2D eigenvalue weighted by Crippen LogP contribution is 2.19. The third-order valence-corrected chi connectivity index (χ3v) is 3.74. The molecule has 0 amide bonds. The molecule has 0 saturated carbocycles. The van der Waals surface area contributed by atoms with Gasteiger partial charge in [-0.2, -0.15) is 0 Å². The van der Waals surface area contributed by atoms with Crippen molar-refractivity contribution < 1.29 is 4.74 Å². The van der Waals surface area contributed by atoms with Crippen molar-refractivity contribution in [2.45, 2.75) is 38.2 Å². The average molecular weight is 225 g/mol. The van der Waals surface area contributed by atoms with Crippen molar-refractivity contribution in [1.29, 1.82) is 5.41 Å². The van der Waals surface area contributed by atoms with Gasteiger partial charge in [0.15, 0.2) is 0 Å². The minimum Gasteiger partial charge on any atom is -0.387 e. The lowest BCUT2D eigenvalue weighted by Crippen LogP contribution is -2.41. The average Bonchev–Trinajstić information content (AvgIpc) is 2.79. The van der Waals surface area contributed by atoms with Crippen molar-refractivity contribution in [2.24, 2.45) is 11.7 Å². The van der Waals surface area contributed by atoms with Crippen LogP contribution in [-0.4, -0.2) is 43.1 Å². The molecule has 0 aromatic rings. The van der Waals surface area contributed by atoms with E-state index in [2.05, 4.69) is 4.90 Å². The van der Waals surface area contributed by atoms with Crippen LogP contribution in [-0.2, 0) is 4.74 Å². The monoisotopic (exact) mass is 225 g/mol. The molecule has 92 valence electrons. The van der Waals surface area contributed by atoms with Crippen molar-refractivity contribution in [3.05, 3.63) is 0 Å². The molecule has 0 radical (unpaired) electrons. The van der Waals surface area contributed by atoms with E-state index in [1.165, 1.54) is 19.3 Å². The Labute approximate surface area is 97.6 Å². The summed E-state index contributed by atoms with van der Waals surface area (Å²) in [5.41, 5.74) is 5.58. The van der Waals surface area contributed by atoms with E-state index in [-0.39, 0.29) is 0 Å². The summed E-state index contributed by atoms with van der Waals surface area (Å²) in [5, 5.41) is 7.50. The fourth-order valence-electron chi connectivity index (χ4n) is 2.71. The maximum Gasteiger partial charge on any atom is 0.0949 e. The first-order valence-electron chi connectivity index (χ1n) is 6.43. The highest BCUT2D eigenvalue weighted by atomic mass is 16.5. The quantitative estimate of drug-likeness (QED) is 0.558. The van der Waals surface area contributed by atoms with Gasteiger partial charge in [-0.25, -0.2) is 0 Å². The fourth-order valence-corrected chi connectivity index (χ4v) is 2.71. The summed E-state index contributed by atoms with van der Waals surface area (Å²) in [4.78, 5) is 2.44. The zero-order chi connectivity index (χ0) is 11.4. The molecule has 4 nitrogen and oxygen atoms in total. The van der Waals surface area contributed by atoms with Crippen molar-refractivity contribution in [1.82, 2.24) is 4.90 Å². The molecule has 0 bridgehead atoms. The second kappa shape index (κ2) is 5.64. The summed E-state index contributed by atoms with van der Waals surface area (Å²) in [6, 6.07) is 0. The summed E-state index contributed by atoms with van der Waals surface area (Å²) < 4.78 is 5.62. The van der Waals surface area contributed by atoms with Gasteiger partial charge in [-0.3, -0.25) is 5.41 Å². The molecule has 2 atom stereocenters. The second-order valence-corrected chi connectivity index (χ2v) is 5.02. The van der Waals surface area contributed by atoms with E-state index < -0.39 is 0 Å². The van der Waals surface area contributed by atoms with E-state index in [4.69, 9.17) is 15.9 Å². The molecule has 2 fully saturated rings. The van der Waals surface area contributed by atoms with Crippen molar-refractivity contribution >= 4 is 5.84 Å².